The number of benzene rings is 2. The normalized spacial score (nSPS) is 15.6. The van der Waals surface area contributed by atoms with Gasteiger partial charge in [0, 0.05) is 0 Å². The lowest BCUT2D eigenvalue weighted by molar-refractivity contribution is -0.123. The van der Waals surface area contributed by atoms with E-state index in [4.69, 9.17) is 21.1 Å². The lowest BCUT2D eigenvalue weighted by atomic mass is 10.2. The molecule has 0 bridgehead atoms. The van der Waals surface area contributed by atoms with Crippen LogP contribution in [0.1, 0.15) is 5.56 Å². The number of para-hydroxylation sites is 1. The standard InChI is InChI=1S/C19H16ClNO4S/c1-24-16-8-7-13(11-15(16)20)12-17-18(22)21(19(23)26-17)9-10-25-14-5-3-2-4-6-14/h2-8,11-12H,9-10H2,1H3/b17-12-. The molecule has 2 aromatic carbocycles. The highest BCUT2D eigenvalue weighted by molar-refractivity contribution is 8.18. The van der Waals surface area contributed by atoms with E-state index in [9.17, 15) is 9.59 Å². The van der Waals surface area contributed by atoms with E-state index < -0.39 is 0 Å². The summed E-state index contributed by atoms with van der Waals surface area (Å²) in [6, 6.07) is 14.4. The first kappa shape index (κ1) is 18.4. The summed E-state index contributed by atoms with van der Waals surface area (Å²) in [5.74, 6) is 0.918. The maximum absolute atomic E-state index is 12.5. The molecule has 26 heavy (non-hydrogen) atoms. The van der Waals surface area contributed by atoms with Crippen molar-refractivity contribution in [1.29, 1.82) is 0 Å². The molecule has 3 rings (SSSR count). The molecule has 0 saturated carbocycles. The summed E-state index contributed by atoms with van der Waals surface area (Å²) in [4.78, 5) is 26.1. The quantitative estimate of drug-likeness (QED) is 0.682. The number of hydrogen-bond donors (Lipinski definition) is 0. The van der Waals surface area contributed by atoms with E-state index in [0.717, 1.165) is 17.3 Å². The molecule has 1 heterocycles. The predicted octanol–water partition coefficient (Wildman–Crippen LogP) is 4.46. The molecular formula is C19H16ClNO4S. The van der Waals surface area contributed by atoms with Gasteiger partial charge in [-0.3, -0.25) is 14.5 Å². The van der Waals surface area contributed by atoms with Gasteiger partial charge < -0.3 is 9.47 Å². The molecule has 0 aliphatic carbocycles. The predicted molar refractivity (Wildman–Crippen MR) is 103 cm³/mol. The number of rotatable bonds is 6. The number of methoxy groups -OCH3 is 1. The second-order valence-corrected chi connectivity index (χ2v) is 6.79. The van der Waals surface area contributed by atoms with Gasteiger partial charge >= 0.3 is 0 Å². The van der Waals surface area contributed by atoms with E-state index in [1.54, 1.807) is 24.3 Å². The summed E-state index contributed by atoms with van der Waals surface area (Å²) in [5, 5.41) is 0.134. The van der Waals surface area contributed by atoms with Crippen molar-refractivity contribution in [2.24, 2.45) is 0 Å². The van der Waals surface area contributed by atoms with Crippen molar-refractivity contribution >= 4 is 40.6 Å². The van der Waals surface area contributed by atoms with Crippen molar-refractivity contribution in [1.82, 2.24) is 4.90 Å². The van der Waals surface area contributed by atoms with Gasteiger partial charge in [0.05, 0.1) is 23.6 Å². The van der Waals surface area contributed by atoms with Crippen LogP contribution in [-0.2, 0) is 4.79 Å². The molecule has 2 aromatic rings. The molecule has 0 radical (unpaired) electrons. The summed E-state index contributed by atoms with van der Waals surface area (Å²) in [6.07, 6.45) is 1.65. The van der Waals surface area contributed by atoms with E-state index in [-0.39, 0.29) is 24.3 Å². The van der Waals surface area contributed by atoms with Gasteiger partial charge in [-0.2, -0.15) is 0 Å². The smallest absolute Gasteiger partial charge is 0.293 e. The molecular weight excluding hydrogens is 374 g/mol. The molecule has 1 aliphatic rings. The van der Waals surface area contributed by atoms with Crippen molar-refractivity contribution in [3.63, 3.8) is 0 Å². The molecule has 1 fully saturated rings. The van der Waals surface area contributed by atoms with Crippen LogP contribution in [0, 0.1) is 0 Å². The van der Waals surface area contributed by atoms with Crippen LogP contribution in [0.3, 0.4) is 0 Å². The second-order valence-electron chi connectivity index (χ2n) is 5.39. The van der Waals surface area contributed by atoms with Gasteiger partial charge in [0.2, 0.25) is 0 Å². The zero-order valence-corrected chi connectivity index (χ0v) is 15.5. The molecule has 0 aromatic heterocycles. The molecule has 1 saturated heterocycles. The number of carbonyl (C=O) groups excluding carboxylic acids is 2. The number of carbonyl (C=O) groups is 2. The van der Waals surface area contributed by atoms with Crippen LogP contribution in [0.15, 0.2) is 53.4 Å². The van der Waals surface area contributed by atoms with Gasteiger partial charge in [-0.1, -0.05) is 35.9 Å². The zero-order valence-electron chi connectivity index (χ0n) is 14.0. The maximum Gasteiger partial charge on any atom is 0.293 e. The number of halogens is 1. The minimum Gasteiger partial charge on any atom is -0.495 e. The molecule has 2 amide bonds. The number of ether oxygens (including phenoxy) is 2. The Labute approximate surface area is 160 Å². The fourth-order valence-corrected chi connectivity index (χ4v) is 3.52. The van der Waals surface area contributed by atoms with Gasteiger partial charge in [-0.05, 0) is 47.7 Å². The molecule has 0 N–H and O–H groups in total. The Kier molecular flexibility index (Phi) is 5.85. The summed E-state index contributed by atoms with van der Waals surface area (Å²) in [6.45, 7) is 0.434. The fraction of sp³-hybridized carbons (Fsp3) is 0.158. The highest BCUT2D eigenvalue weighted by Gasteiger charge is 2.34. The van der Waals surface area contributed by atoms with Gasteiger partial charge in [-0.15, -0.1) is 0 Å². The minimum absolute atomic E-state index is 0.195. The molecule has 134 valence electrons. The largest absolute Gasteiger partial charge is 0.495 e. The van der Waals surface area contributed by atoms with Crippen molar-refractivity contribution < 1.29 is 19.1 Å². The summed E-state index contributed by atoms with van der Waals surface area (Å²) in [5.41, 5.74) is 0.724. The van der Waals surface area contributed by atoms with Crippen LogP contribution >= 0.6 is 23.4 Å². The van der Waals surface area contributed by atoms with Gasteiger partial charge in [0.25, 0.3) is 11.1 Å². The van der Waals surface area contributed by atoms with Gasteiger partial charge in [0.15, 0.2) is 0 Å². The third-order valence-electron chi connectivity index (χ3n) is 3.67. The Morgan fingerprint density at radius 3 is 2.62 bits per heavy atom. The lowest BCUT2D eigenvalue weighted by Gasteiger charge is -2.13. The molecule has 5 nitrogen and oxygen atoms in total. The SMILES string of the molecule is COc1ccc(/C=C2\SC(=O)N(CCOc3ccccc3)C2=O)cc1Cl. The van der Waals surface area contributed by atoms with Crippen molar-refractivity contribution in [3.05, 3.63) is 64.0 Å². The first-order chi connectivity index (χ1) is 12.6. The molecule has 0 atom stereocenters. The Balaban J connectivity index is 1.65. The van der Waals surface area contributed by atoms with Gasteiger partial charge in [0.1, 0.15) is 18.1 Å². The van der Waals surface area contributed by atoms with Crippen LogP contribution in [0.5, 0.6) is 11.5 Å². The maximum atomic E-state index is 12.5. The Bertz CT molecular complexity index is 854. The first-order valence-corrected chi connectivity index (χ1v) is 9.04. The van der Waals surface area contributed by atoms with E-state index >= 15 is 0 Å². The molecule has 1 aliphatic heterocycles. The minimum atomic E-state index is -0.330. The first-order valence-electron chi connectivity index (χ1n) is 7.85. The van der Waals surface area contributed by atoms with Crippen LogP contribution in [0.2, 0.25) is 5.02 Å². The Morgan fingerprint density at radius 1 is 1.15 bits per heavy atom. The van der Waals surface area contributed by atoms with E-state index in [2.05, 4.69) is 0 Å². The number of hydrogen-bond acceptors (Lipinski definition) is 5. The molecule has 7 heteroatoms. The third kappa shape index (κ3) is 4.20. The van der Waals surface area contributed by atoms with Crippen LogP contribution in [-0.4, -0.2) is 36.3 Å². The monoisotopic (exact) mass is 389 g/mol. The van der Waals surface area contributed by atoms with E-state index in [0.29, 0.717) is 21.4 Å². The van der Waals surface area contributed by atoms with E-state index in [1.165, 1.54) is 12.0 Å². The summed E-state index contributed by atoms with van der Waals surface area (Å²) >= 11 is 7.00. The van der Waals surface area contributed by atoms with Crippen molar-refractivity contribution in [2.45, 2.75) is 0 Å². The van der Waals surface area contributed by atoms with Crippen molar-refractivity contribution in [3.8, 4) is 11.5 Å². The summed E-state index contributed by atoms with van der Waals surface area (Å²) < 4.78 is 10.7. The van der Waals surface area contributed by atoms with E-state index in [1.807, 2.05) is 30.3 Å². The van der Waals surface area contributed by atoms with Crippen LogP contribution < -0.4 is 9.47 Å². The highest BCUT2D eigenvalue weighted by Crippen LogP contribution is 2.33. The number of thioether (sulfide) groups is 1. The third-order valence-corrected chi connectivity index (χ3v) is 4.88. The topological polar surface area (TPSA) is 55.8 Å². The van der Waals surface area contributed by atoms with Crippen LogP contribution in [0.25, 0.3) is 6.08 Å². The number of amides is 2. The number of imide groups is 1. The molecule has 0 unspecified atom stereocenters. The van der Waals surface area contributed by atoms with Crippen LogP contribution in [0.4, 0.5) is 4.79 Å². The average Bonchev–Trinajstić information content (AvgIpc) is 2.90. The zero-order chi connectivity index (χ0) is 18.5. The Hall–Kier alpha value is -2.44. The van der Waals surface area contributed by atoms with Gasteiger partial charge in [-0.25, -0.2) is 0 Å². The average molecular weight is 390 g/mol. The summed E-state index contributed by atoms with van der Waals surface area (Å²) in [7, 11) is 1.53. The number of nitrogens with zero attached hydrogens (tertiary/aromatic N) is 1. The highest BCUT2D eigenvalue weighted by atomic mass is 35.5. The lowest BCUT2D eigenvalue weighted by Crippen LogP contribution is -2.32. The fourth-order valence-electron chi connectivity index (χ4n) is 2.39. The Morgan fingerprint density at radius 2 is 1.92 bits per heavy atom. The van der Waals surface area contributed by atoms with Crippen molar-refractivity contribution in [2.75, 3.05) is 20.3 Å². The second kappa shape index (κ2) is 8.29. The molecule has 0 spiro atoms.